The van der Waals surface area contributed by atoms with Gasteiger partial charge in [-0.15, -0.1) is 0 Å². The highest BCUT2D eigenvalue weighted by Gasteiger charge is 2.34. The number of carbonyl (C=O) groups excluding carboxylic acids is 3. The van der Waals surface area contributed by atoms with Gasteiger partial charge in [0.2, 0.25) is 0 Å². The molecule has 1 N–H and O–H groups in total. The molecule has 0 heterocycles. The van der Waals surface area contributed by atoms with E-state index in [1.165, 1.54) is 0 Å². The van der Waals surface area contributed by atoms with Gasteiger partial charge in [-0.05, 0) is 49.9 Å². The number of alkyl carbamates (subject to hydrolysis) is 1. The minimum Gasteiger partial charge on any atom is -0.456 e. The molecule has 3 aromatic rings. The Hall–Kier alpha value is -3.97. The Morgan fingerprint density at radius 1 is 0.816 bits per heavy atom. The summed E-state index contributed by atoms with van der Waals surface area (Å²) < 4.78 is 16.8. The molecule has 1 aliphatic carbocycles. The molecule has 0 unspecified atom stereocenters. The van der Waals surface area contributed by atoms with E-state index in [0.717, 1.165) is 22.3 Å². The van der Waals surface area contributed by atoms with Crippen LogP contribution in [0.5, 0.6) is 0 Å². The van der Waals surface area contributed by atoms with Crippen LogP contribution in [-0.2, 0) is 19.0 Å². The number of ether oxygens (including phenoxy) is 3. The standard InChI is InChI=1S/C31H33NO6/c1-20(38-31(2,3)4)28(29(34)36-19-27(33)21-12-6-5-7-13-21)32-30(35)37-18-26-24-16-10-8-14-22(24)23-15-9-11-17-25(23)26/h5-17,20,26,28H,18-19H2,1-4H3,(H,32,35)/t20-,28-/m1/s1. The van der Waals surface area contributed by atoms with Crippen LogP contribution in [0.1, 0.15) is 55.1 Å². The number of rotatable bonds is 9. The average molecular weight is 516 g/mol. The molecule has 0 bridgehead atoms. The zero-order valence-corrected chi connectivity index (χ0v) is 22.1. The quantitative estimate of drug-likeness (QED) is 0.298. The first-order valence-corrected chi connectivity index (χ1v) is 12.7. The Morgan fingerprint density at radius 3 is 1.95 bits per heavy atom. The Labute approximate surface area is 223 Å². The van der Waals surface area contributed by atoms with Gasteiger partial charge in [0.05, 0.1) is 11.7 Å². The predicted molar refractivity (Wildman–Crippen MR) is 144 cm³/mol. The number of carbonyl (C=O) groups is 3. The second-order valence-electron chi connectivity index (χ2n) is 10.3. The normalized spacial score (nSPS) is 14.1. The van der Waals surface area contributed by atoms with Gasteiger partial charge in [0, 0.05) is 11.5 Å². The Bertz CT molecular complexity index is 1250. The third-order valence-electron chi connectivity index (χ3n) is 6.32. The number of nitrogens with one attached hydrogen (secondary N) is 1. The van der Waals surface area contributed by atoms with Crippen LogP contribution in [0.15, 0.2) is 78.9 Å². The number of hydrogen-bond acceptors (Lipinski definition) is 6. The highest BCUT2D eigenvalue weighted by atomic mass is 16.6. The molecule has 7 nitrogen and oxygen atoms in total. The molecule has 2 atom stereocenters. The molecule has 0 aliphatic heterocycles. The van der Waals surface area contributed by atoms with Crippen LogP contribution in [0.4, 0.5) is 4.79 Å². The van der Waals surface area contributed by atoms with Gasteiger partial charge in [-0.1, -0.05) is 78.9 Å². The fourth-order valence-corrected chi connectivity index (χ4v) is 4.69. The maximum atomic E-state index is 13.0. The van der Waals surface area contributed by atoms with E-state index in [1.54, 1.807) is 37.3 Å². The van der Waals surface area contributed by atoms with Crippen molar-refractivity contribution in [1.82, 2.24) is 5.32 Å². The minimum absolute atomic E-state index is 0.0998. The zero-order chi connectivity index (χ0) is 27.3. The average Bonchev–Trinajstić information content (AvgIpc) is 3.22. The second-order valence-corrected chi connectivity index (χ2v) is 10.3. The van der Waals surface area contributed by atoms with Crippen LogP contribution < -0.4 is 5.32 Å². The molecule has 0 saturated heterocycles. The highest BCUT2D eigenvalue weighted by Crippen LogP contribution is 2.44. The van der Waals surface area contributed by atoms with Gasteiger partial charge in [-0.2, -0.15) is 0 Å². The van der Waals surface area contributed by atoms with Gasteiger partial charge in [0.25, 0.3) is 0 Å². The maximum absolute atomic E-state index is 13.0. The summed E-state index contributed by atoms with van der Waals surface area (Å²) in [6.45, 7) is 6.85. The monoisotopic (exact) mass is 515 g/mol. The van der Waals surface area contributed by atoms with Crippen molar-refractivity contribution in [1.29, 1.82) is 0 Å². The number of ketones is 1. The third-order valence-corrected chi connectivity index (χ3v) is 6.32. The maximum Gasteiger partial charge on any atom is 0.407 e. The van der Waals surface area contributed by atoms with Crippen molar-refractivity contribution in [2.75, 3.05) is 13.2 Å². The molecular weight excluding hydrogens is 482 g/mol. The van der Waals surface area contributed by atoms with Crippen LogP contribution in [0, 0.1) is 0 Å². The largest absolute Gasteiger partial charge is 0.456 e. The van der Waals surface area contributed by atoms with E-state index in [2.05, 4.69) is 17.4 Å². The van der Waals surface area contributed by atoms with E-state index in [-0.39, 0.29) is 18.3 Å². The van der Waals surface area contributed by atoms with E-state index in [9.17, 15) is 14.4 Å². The summed E-state index contributed by atoms with van der Waals surface area (Å²) in [4.78, 5) is 38.3. The lowest BCUT2D eigenvalue weighted by Gasteiger charge is -2.30. The number of amides is 1. The van der Waals surface area contributed by atoms with Crippen LogP contribution >= 0.6 is 0 Å². The third kappa shape index (κ3) is 6.47. The molecule has 0 fully saturated rings. The Balaban J connectivity index is 1.42. The van der Waals surface area contributed by atoms with Crippen LogP contribution in [0.25, 0.3) is 11.1 Å². The lowest BCUT2D eigenvalue weighted by atomic mass is 9.98. The fraction of sp³-hybridized carbons (Fsp3) is 0.323. The SMILES string of the molecule is C[C@@H](OC(C)(C)C)[C@@H](NC(=O)OCC1c2ccccc2-c2ccccc21)C(=O)OCC(=O)c1ccccc1. The topological polar surface area (TPSA) is 90.9 Å². The van der Waals surface area contributed by atoms with Gasteiger partial charge in [0.1, 0.15) is 6.61 Å². The van der Waals surface area contributed by atoms with Crippen molar-refractivity contribution in [2.45, 2.75) is 51.4 Å². The van der Waals surface area contributed by atoms with Crippen molar-refractivity contribution in [3.63, 3.8) is 0 Å². The first-order chi connectivity index (χ1) is 18.1. The molecule has 1 amide bonds. The van der Waals surface area contributed by atoms with Crippen molar-refractivity contribution >= 4 is 17.8 Å². The van der Waals surface area contributed by atoms with Crippen molar-refractivity contribution < 1.29 is 28.6 Å². The number of fused-ring (bicyclic) bond motifs is 3. The summed E-state index contributed by atoms with van der Waals surface area (Å²) in [6.07, 6.45) is -1.51. The Morgan fingerprint density at radius 2 is 1.37 bits per heavy atom. The number of hydrogen-bond donors (Lipinski definition) is 1. The summed E-state index contributed by atoms with van der Waals surface area (Å²) in [5.74, 6) is -1.24. The highest BCUT2D eigenvalue weighted by molar-refractivity contribution is 5.98. The van der Waals surface area contributed by atoms with Gasteiger partial charge in [0.15, 0.2) is 18.4 Å². The minimum atomic E-state index is -1.17. The van der Waals surface area contributed by atoms with Gasteiger partial charge < -0.3 is 19.5 Å². The number of benzene rings is 3. The van der Waals surface area contributed by atoms with E-state index in [4.69, 9.17) is 14.2 Å². The summed E-state index contributed by atoms with van der Waals surface area (Å²) in [6, 6.07) is 23.5. The van der Waals surface area contributed by atoms with E-state index in [0.29, 0.717) is 5.56 Å². The lowest BCUT2D eigenvalue weighted by molar-refractivity contribution is -0.152. The summed E-state index contributed by atoms with van der Waals surface area (Å²) >= 11 is 0. The lowest BCUT2D eigenvalue weighted by Crippen LogP contribution is -2.51. The van der Waals surface area contributed by atoms with Crippen LogP contribution in [-0.4, -0.2) is 48.8 Å². The molecular formula is C31H33NO6. The molecule has 0 spiro atoms. The van der Waals surface area contributed by atoms with Gasteiger partial charge in [-0.3, -0.25) is 4.79 Å². The zero-order valence-electron chi connectivity index (χ0n) is 22.1. The molecule has 7 heteroatoms. The van der Waals surface area contributed by atoms with Crippen LogP contribution in [0.3, 0.4) is 0 Å². The Kier molecular flexibility index (Phi) is 8.27. The summed E-state index contributed by atoms with van der Waals surface area (Å²) in [5.41, 5.74) is 4.26. The molecule has 4 rings (SSSR count). The molecule has 1 aliphatic rings. The van der Waals surface area contributed by atoms with Crippen molar-refractivity contribution in [3.8, 4) is 11.1 Å². The number of Topliss-reactive ketones (excluding diaryl/α,β-unsaturated/α-hetero) is 1. The van der Waals surface area contributed by atoms with Gasteiger partial charge >= 0.3 is 12.1 Å². The summed E-state index contributed by atoms with van der Waals surface area (Å²) in [7, 11) is 0. The van der Waals surface area contributed by atoms with Gasteiger partial charge in [-0.25, -0.2) is 9.59 Å². The molecule has 0 radical (unpaired) electrons. The van der Waals surface area contributed by atoms with Crippen LogP contribution in [0.2, 0.25) is 0 Å². The fourth-order valence-electron chi connectivity index (χ4n) is 4.69. The second kappa shape index (κ2) is 11.6. The first kappa shape index (κ1) is 27.1. The number of esters is 1. The molecule has 0 saturated carbocycles. The van der Waals surface area contributed by atoms with Crippen molar-refractivity contribution in [3.05, 3.63) is 95.6 Å². The molecule has 38 heavy (non-hydrogen) atoms. The van der Waals surface area contributed by atoms with E-state index >= 15 is 0 Å². The molecule has 0 aromatic heterocycles. The first-order valence-electron chi connectivity index (χ1n) is 12.7. The summed E-state index contributed by atoms with van der Waals surface area (Å²) in [5, 5.41) is 2.60. The predicted octanol–water partition coefficient (Wildman–Crippen LogP) is 5.52. The smallest absolute Gasteiger partial charge is 0.407 e. The van der Waals surface area contributed by atoms with Crippen molar-refractivity contribution in [2.24, 2.45) is 0 Å². The van der Waals surface area contributed by atoms with E-state index in [1.807, 2.05) is 57.2 Å². The molecule has 3 aromatic carbocycles. The van der Waals surface area contributed by atoms with E-state index < -0.39 is 36.4 Å². The molecule has 198 valence electrons.